The van der Waals surface area contributed by atoms with Gasteiger partial charge < -0.3 is 10.1 Å². The zero-order valence-electron chi connectivity index (χ0n) is 16.4. The molecule has 6 heteroatoms. The highest BCUT2D eigenvalue weighted by molar-refractivity contribution is 6.21. The van der Waals surface area contributed by atoms with Gasteiger partial charge in [0.2, 0.25) is 0 Å². The number of nitrogens with one attached hydrogen (secondary N) is 1. The first kappa shape index (κ1) is 19.4. The number of para-hydroxylation sites is 1. The van der Waals surface area contributed by atoms with Gasteiger partial charge >= 0.3 is 0 Å². The van der Waals surface area contributed by atoms with Crippen molar-refractivity contribution in [1.29, 1.82) is 0 Å². The molecule has 0 aliphatic carbocycles. The maximum absolute atomic E-state index is 12.5. The van der Waals surface area contributed by atoms with Gasteiger partial charge in [0.15, 0.2) is 0 Å². The number of nitrogens with zero attached hydrogens (tertiary/aromatic N) is 1. The second kappa shape index (κ2) is 8.21. The van der Waals surface area contributed by atoms with Crippen LogP contribution in [0.25, 0.3) is 0 Å². The molecule has 0 saturated carbocycles. The van der Waals surface area contributed by atoms with E-state index in [-0.39, 0.29) is 17.4 Å². The van der Waals surface area contributed by atoms with Gasteiger partial charge in [-0.1, -0.05) is 42.5 Å². The van der Waals surface area contributed by atoms with Gasteiger partial charge in [-0.05, 0) is 41.5 Å². The molecule has 30 heavy (non-hydrogen) atoms. The van der Waals surface area contributed by atoms with E-state index >= 15 is 0 Å². The Bertz CT molecular complexity index is 1130. The first-order chi connectivity index (χ1) is 14.5. The zero-order valence-corrected chi connectivity index (χ0v) is 16.4. The number of hydrogen-bond acceptors (Lipinski definition) is 4. The Hall–Kier alpha value is -3.93. The predicted octanol–water partition coefficient (Wildman–Crippen LogP) is 3.42. The van der Waals surface area contributed by atoms with E-state index < -0.39 is 5.91 Å². The smallest absolute Gasteiger partial charge is 0.261 e. The summed E-state index contributed by atoms with van der Waals surface area (Å²) >= 11 is 0. The number of ether oxygens (including phenoxy) is 1. The fourth-order valence-electron chi connectivity index (χ4n) is 3.30. The molecule has 1 heterocycles. The largest absolute Gasteiger partial charge is 0.489 e. The quantitative estimate of drug-likeness (QED) is 0.644. The van der Waals surface area contributed by atoms with Gasteiger partial charge in [-0.2, -0.15) is 0 Å². The van der Waals surface area contributed by atoms with Crippen LogP contribution in [0.2, 0.25) is 0 Å². The zero-order chi connectivity index (χ0) is 21.1. The van der Waals surface area contributed by atoms with Gasteiger partial charge in [-0.15, -0.1) is 0 Å². The van der Waals surface area contributed by atoms with Gasteiger partial charge in [0.1, 0.15) is 12.4 Å². The van der Waals surface area contributed by atoms with Gasteiger partial charge in [-0.25, -0.2) is 0 Å². The minimum absolute atomic E-state index is 0.259. The van der Waals surface area contributed by atoms with E-state index in [1.807, 2.05) is 54.6 Å². The lowest BCUT2D eigenvalue weighted by Gasteiger charge is -2.09. The first-order valence-electron chi connectivity index (χ1n) is 9.53. The Balaban J connectivity index is 1.39. The number of hydrogen-bond donors (Lipinski definition) is 1. The minimum Gasteiger partial charge on any atom is -0.489 e. The van der Waals surface area contributed by atoms with Crippen LogP contribution < -0.4 is 10.1 Å². The number of amides is 3. The highest BCUT2D eigenvalue weighted by Crippen LogP contribution is 2.22. The molecule has 0 aromatic heterocycles. The molecule has 0 atom stereocenters. The summed E-state index contributed by atoms with van der Waals surface area (Å²) in [6, 6.07) is 21.9. The molecule has 3 aromatic carbocycles. The molecule has 0 bridgehead atoms. The molecular weight excluding hydrogens is 380 g/mol. The topological polar surface area (TPSA) is 75.7 Å². The molecule has 6 nitrogen and oxygen atoms in total. The minimum atomic E-state index is -0.393. The second-order valence-electron chi connectivity index (χ2n) is 7.03. The molecule has 0 spiro atoms. The Morgan fingerprint density at radius 1 is 0.867 bits per heavy atom. The molecule has 0 fully saturated rings. The second-order valence-corrected chi connectivity index (χ2v) is 7.03. The highest BCUT2D eigenvalue weighted by atomic mass is 16.5. The van der Waals surface area contributed by atoms with Crippen LogP contribution in [0.5, 0.6) is 5.75 Å². The van der Waals surface area contributed by atoms with E-state index in [0.29, 0.717) is 24.3 Å². The Labute approximate surface area is 174 Å². The highest BCUT2D eigenvalue weighted by Gasteiger charge is 2.33. The number of carbonyl (C=O) groups is 3. The van der Waals surface area contributed by atoms with Crippen molar-refractivity contribution in [3.8, 4) is 5.75 Å². The summed E-state index contributed by atoms with van der Waals surface area (Å²) in [5, 5.41) is 2.86. The summed E-state index contributed by atoms with van der Waals surface area (Å²) in [6.07, 6.45) is 0. The van der Waals surface area contributed by atoms with Gasteiger partial charge in [0.25, 0.3) is 17.7 Å². The standard InChI is InChI=1S/C24H20N2O4/c1-26-23(28)20-11-10-18(13-21(20)24(26)29)22(27)25-14-16-6-5-7-17(12-16)15-30-19-8-3-2-4-9-19/h2-13H,14-15H2,1H3,(H,25,27). The van der Waals surface area contributed by atoms with Crippen molar-refractivity contribution in [3.63, 3.8) is 0 Å². The molecule has 3 amide bonds. The van der Waals surface area contributed by atoms with Crippen LogP contribution >= 0.6 is 0 Å². The number of fused-ring (bicyclic) bond motifs is 1. The molecule has 4 rings (SSSR count). The van der Waals surface area contributed by atoms with Crippen molar-refractivity contribution >= 4 is 17.7 Å². The van der Waals surface area contributed by atoms with Gasteiger partial charge in [0.05, 0.1) is 11.1 Å². The average molecular weight is 400 g/mol. The predicted molar refractivity (Wildman–Crippen MR) is 111 cm³/mol. The third kappa shape index (κ3) is 3.93. The first-order valence-corrected chi connectivity index (χ1v) is 9.53. The Morgan fingerprint density at radius 3 is 2.40 bits per heavy atom. The van der Waals surface area contributed by atoms with Crippen LogP contribution in [0.4, 0.5) is 0 Å². The molecule has 1 N–H and O–H groups in total. The molecule has 3 aromatic rings. The molecule has 1 aliphatic rings. The van der Waals surface area contributed by atoms with Gasteiger partial charge in [-0.3, -0.25) is 19.3 Å². The summed E-state index contributed by atoms with van der Waals surface area (Å²) in [7, 11) is 1.43. The summed E-state index contributed by atoms with van der Waals surface area (Å²) in [6.45, 7) is 0.766. The van der Waals surface area contributed by atoms with Crippen molar-refractivity contribution in [1.82, 2.24) is 10.2 Å². The van der Waals surface area contributed by atoms with E-state index in [1.54, 1.807) is 6.07 Å². The lowest BCUT2D eigenvalue weighted by atomic mass is 10.1. The van der Waals surface area contributed by atoms with Crippen LogP contribution in [0.3, 0.4) is 0 Å². The van der Waals surface area contributed by atoms with Crippen molar-refractivity contribution in [3.05, 3.63) is 101 Å². The molecule has 150 valence electrons. The van der Waals surface area contributed by atoms with Crippen LogP contribution in [-0.2, 0) is 13.2 Å². The van der Waals surface area contributed by atoms with Crippen LogP contribution in [0.15, 0.2) is 72.8 Å². The monoisotopic (exact) mass is 400 g/mol. The third-order valence-corrected chi connectivity index (χ3v) is 4.95. The van der Waals surface area contributed by atoms with Crippen LogP contribution in [-0.4, -0.2) is 29.7 Å². The Morgan fingerprint density at radius 2 is 1.60 bits per heavy atom. The summed E-state index contributed by atoms with van der Waals surface area (Å²) in [4.78, 5) is 37.7. The molecule has 0 unspecified atom stereocenters. The lowest BCUT2D eigenvalue weighted by molar-refractivity contribution is 0.0693. The molecule has 0 saturated heterocycles. The maximum Gasteiger partial charge on any atom is 0.261 e. The van der Waals surface area contributed by atoms with E-state index in [9.17, 15) is 14.4 Å². The van der Waals surface area contributed by atoms with Crippen molar-refractivity contribution in [2.45, 2.75) is 13.2 Å². The lowest BCUT2D eigenvalue weighted by Crippen LogP contribution is -2.24. The van der Waals surface area contributed by atoms with E-state index in [4.69, 9.17) is 4.74 Å². The van der Waals surface area contributed by atoms with Gasteiger partial charge in [0, 0.05) is 19.2 Å². The SMILES string of the molecule is CN1C(=O)c2ccc(C(=O)NCc3cccc(COc4ccccc4)c3)cc2C1=O. The van der Waals surface area contributed by atoms with Crippen molar-refractivity contribution in [2.24, 2.45) is 0 Å². The maximum atomic E-state index is 12.5. The summed E-state index contributed by atoms with van der Waals surface area (Å²) in [5.74, 6) is -0.253. The van der Waals surface area contributed by atoms with Crippen molar-refractivity contribution < 1.29 is 19.1 Å². The number of imide groups is 1. The van der Waals surface area contributed by atoms with Crippen LogP contribution in [0.1, 0.15) is 42.2 Å². The van der Waals surface area contributed by atoms with E-state index in [2.05, 4.69) is 5.32 Å². The summed E-state index contributed by atoms with van der Waals surface area (Å²) < 4.78 is 5.76. The molecule has 0 radical (unpaired) electrons. The average Bonchev–Trinajstić information content (AvgIpc) is 3.00. The van der Waals surface area contributed by atoms with E-state index in [0.717, 1.165) is 21.8 Å². The number of benzene rings is 3. The number of carbonyl (C=O) groups excluding carboxylic acids is 3. The Kier molecular flexibility index (Phi) is 5.30. The number of rotatable bonds is 6. The van der Waals surface area contributed by atoms with E-state index in [1.165, 1.54) is 19.2 Å². The summed E-state index contributed by atoms with van der Waals surface area (Å²) in [5.41, 5.74) is 2.86. The fourth-order valence-corrected chi connectivity index (χ4v) is 3.30. The third-order valence-electron chi connectivity index (χ3n) is 4.95. The van der Waals surface area contributed by atoms with Crippen LogP contribution in [0, 0.1) is 0 Å². The normalized spacial score (nSPS) is 12.6. The fraction of sp³-hybridized carbons (Fsp3) is 0.125. The molecular formula is C24H20N2O4. The van der Waals surface area contributed by atoms with Crippen molar-refractivity contribution in [2.75, 3.05) is 7.05 Å². The molecule has 1 aliphatic heterocycles.